The number of halogens is 1. The predicted molar refractivity (Wildman–Crippen MR) is 86.6 cm³/mol. The maximum atomic E-state index is 5.90. The second kappa shape index (κ2) is 7.67. The minimum Gasteiger partial charge on any atom is -0.488 e. The molecule has 0 aliphatic heterocycles. The lowest BCUT2D eigenvalue weighted by molar-refractivity contribution is 0.309. The van der Waals surface area contributed by atoms with Crippen LogP contribution in [0.5, 0.6) is 5.75 Å². The van der Waals surface area contributed by atoms with Gasteiger partial charge in [-0.25, -0.2) is 0 Å². The Balaban J connectivity index is 1.85. The molecule has 0 spiro atoms. The van der Waals surface area contributed by atoms with E-state index in [4.69, 9.17) is 16.3 Å². The largest absolute Gasteiger partial charge is 0.488 e. The van der Waals surface area contributed by atoms with Gasteiger partial charge >= 0.3 is 0 Å². The van der Waals surface area contributed by atoms with Crippen LogP contribution in [0.2, 0.25) is 4.34 Å². The van der Waals surface area contributed by atoms with Crippen molar-refractivity contribution in [3.05, 3.63) is 51.2 Å². The van der Waals surface area contributed by atoms with Gasteiger partial charge in [0.15, 0.2) is 0 Å². The number of nitrogens with one attached hydrogen (secondary N) is 1. The van der Waals surface area contributed by atoms with Gasteiger partial charge in [0.05, 0.1) is 4.34 Å². The van der Waals surface area contributed by atoms with Crippen LogP contribution in [0.4, 0.5) is 0 Å². The van der Waals surface area contributed by atoms with Crippen LogP contribution in [-0.2, 0) is 13.2 Å². The Morgan fingerprint density at radius 1 is 1.25 bits per heavy atom. The van der Waals surface area contributed by atoms with E-state index in [-0.39, 0.29) is 0 Å². The van der Waals surface area contributed by atoms with Gasteiger partial charge in [-0.1, -0.05) is 37.6 Å². The van der Waals surface area contributed by atoms with Crippen molar-refractivity contribution < 1.29 is 4.74 Å². The zero-order valence-electron chi connectivity index (χ0n) is 11.9. The summed E-state index contributed by atoms with van der Waals surface area (Å²) in [5.41, 5.74) is 1.24. The van der Waals surface area contributed by atoms with Gasteiger partial charge < -0.3 is 10.1 Å². The van der Waals surface area contributed by atoms with Gasteiger partial charge in [0.1, 0.15) is 12.4 Å². The number of thiophene rings is 1. The molecule has 0 fully saturated rings. The molecule has 1 N–H and O–H groups in total. The summed E-state index contributed by atoms with van der Waals surface area (Å²) in [6, 6.07) is 12.1. The Morgan fingerprint density at radius 3 is 2.80 bits per heavy atom. The van der Waals surface area contributed by atoms with E-state index in [0.29, 0.717) is 12.5 Å². The second-order valence-electron chi connectivity index (χ2n) is 5.17. The van der Waals surface area contributed by atoms with Gasteiger partial charge in [0.2, 0.25) is 0 Å². The normalized spacial score (nSPS) is 11.0. The third-order valence-corrected chi connectivity index (χ3v) is 3.99. The van der Waals surface area contributed by atoms with Crippen molar-refractivity contribution in [2.24, 2.45) is 5.92 Å². The highest BCUT2D eigenvalue weighted by molar-refractivity contribution is 7.16. The molecule has 0 saturated carbocycles. The van der Waals surface area contributed by atoms with E-state index in [9.17, 15) is 0 Å². The second-order valence-corrected chi connectivity index (χ2v) is 6.97. The van der Waals surface area contributed by atoms with Crippen LogP contribution in [0, 0.1) is 5.92 Å². The quantitative estimate of drug-likeness (QED) is 0.798. The highest BCUT2D eigenvalue weighted by Crippen LogP contribution is 2.23. The fourth-order valence-electron chi connectivity index (χ4n) is 1.83. The average molecular weight is 310 g/mol. The molecule has 0 aliphatic rings. The fourth-order valence-corrected chi connectivity index (χ4v) is 2.83. The maximum Gasteiger partial charge on any atom is 0.122 e. The molecule has 0 saturated heterocycles. The molecule has 0 bridgehead atoms. The first-order valence-corrected chi connectivity index (χ1v) is 7.99. The van der Waals surface area contributed by atoms with Gasteiger partial charge in [-0.15, -0.1) is 11.3 Å². The van der Waals surface area contributed by atoms with Crippen LogP contribution in [0.15, 0.2) is 36.4 Å². The Morgan fingerprint density at radius 2 is 2.10 bits per heavy atom. The Hall–Kier alpha value is -1.03. The molecule has 0 unspecified atom stereocenters. The van der Waals surface area contributed by atoms with E-state index in [1.54, 1.807) is 11.3 Å². The van der Waals surface area contributed by atoms with Gasteiger partial charge in [0.25, 0.3) is 0 Å². The van der Waals surface area contributed by atoms with E-state index < -0.39 is 0 Å². The smallest absolute Gasteiger partial charge is 0.122 e. The van der Waals surface area contributed by atoms with Crippen molar-refractivity contribution in [1.82, 2.24) is 5.32 Å². The minimum absolute atomic E-state index is 0.570. The number of ether oxygens (including phenoxy) is 1. The van der Waals surface area contributed by atoms with E-state index in [2.05, 4.69) is 31.3 Å². The Kier molecular flexibility index (Phi) is 5.89. The number of hydrogen-bond donors (Lipinski definition) is 1. The monoisotopic (exact) mass is 309 g/mol. The summed E-state index contributed by atoms with van der Waals surface area (Å²) in [4.78, 5) is 1.14. The van der Waals surface area contributed by atoms with Gasteiger partial charge in [0, 0.05) is 11.4 Å². The van der Waals surface area contributed by atoms with Crippen molar-refractivity contribution in [1.29, 1.82) is 0 Å². The lowest BCUT2D eigenvalue weighted by Crippen LogP contribution is -2.18. The highest BCUT2D eigenvalue weighted by atomic mass is 35.5. The van der Waals surface area contributed by atoms with Crippen molar-refractivity contribution in [3.63, 3.8) is 0 Å². The zero-order chi connectivity index (χ0) is 14.4. The van der Waals surface area contributed by atoms with Gasteiger partial charge in [-0.3, -0.25) is 0 Å². The summed E-state index contributed by atoms with van der Waals surface area (Å²) in [5, 5.41) is 3.43. The number of benzene rings is 1. The summed E-state index contributed by atoms with van der Waals surface area (Å²) >= 11 is 7.46. The first-order valence-electron chi connectivity index (χ1n) is 6.80. The highest BCUT2D eigenvalue weighted by Gasteiger charge is 2.01. The van der Waals surface area contributed by atoms with Crippen LogP contribution in [0.25, 0.3) is 0 Å². The first-order chi connectivity index (χ1) is 9.63. The van der Waals surface area contributed by atoms with Gasteiger partial charge in [-0.05, 0) is 42.3 Å². The summed E-state index contributed by atoms with van der Waals surface area (Å²) in [5.74, 6) is 1.57. The molecule has 0 radical (unpaired) electrons. The Bertz CT molecular complexity index is 539. The molecule has 0 aliphatic carbocycles. The SMILES string of the molecule is CC(C)CNCc1cccc(OCc2ccc(Cl)s2)c1. The van der Waals surface area contributed by atoms with Crippen LogP contribution in [-0.4, -0.2) is 6.54 Å². The maximum absolute atomic E-state index is 5.90. The lowest BCUT2D eigenvalue weighted by Gasteiger charge is -2.09. The molecular formula is C16H20ClNOS. The number of hydrogen-bond acceptors (Lipinski definition) is 3. The standard InChI is InChI=1S/C16H20ClNOS/c1-12(2)9-18-10-13-4-3-5-14(8-13)19-11-15-6-7-16(17)20-15/h3-8,12,18H,9-11H2,1-2H3. The lowest BCUT2D eigenvalue weighted by atomic mass is 10.2. The molecular weight excluding hydrogens is 290 g/mol. The van der Waals surface area contributed by atoms with E-state index in [1.807, 2.05) is 24.3 Å². The van der Waals surface area contributed by atoms with E-state index in [1.165, 1.54) is 5.56 Å². The third-order valence-electron chi connectivity index (χ3n) is 2.79. The molecule has 108 valence electrons. The zero-order valence-corrected chi connectivity index (χ0v) is 13.4. The molecule has 1 heterocycles. The van der Waals surface area contributed by atoms with Crippen LogP contribution >= 0.6 is 22.9 Å². The summed E-state index contributed by atoms with van der Waals surface area (Å²) in [6.45, 7) is 6.89. The Labute approximate surface area is 129 Å². The summed E-state index contributed by atoms with van der Waals surface area (Å²) < 4.78 is 6.60. The molecule has 1 aromatic heterocycles. The average Bonchev–Trinajstić information content (AvgIpc) is 2.82. The third kappa shape index (κ3) is 5.16. The van der Waals surface area contributed by atoms with Crippen LogP contribution < -0.4 is 10.1 Å². The summed E-state index contributed by atoms with van der Waals surface area (Å²) in [6.07, 6.45) is 0. The van der Waals surface area contributed by atoms with Crippen molar-refractivity contribution in [2.75, 3.05) is 6.54 Å². The van der Waals surface area contributed by atoms with Crippen molar-refractivity contribution in [3.8, 4) is 5.75 Å². The number of rotatable bonds is 7. The van der Waals surface area contributed by atoms with Crippen molar-refractivity contribution >= 4 is 22.9 Å². The molecule has 1 aromatic carbocycles. The van der Waals surface area contributed by atoms with Crippen LogP contribution in [0.1, 0.15) is 24.3 Å². The topological polar surface area (TPSA) is 21.3 Å². The van der Waals surface area contributed by atoms with E-state index in [0.717, 1.165) is 28.1 Å². The molecule has 2 aromatic rings. The van der Waals surface area contributed by atoms with Gasteiger partial charge in [-0.2, -0.15) is 0 Å². The molecule has 4 heteroatoms. The molecule has 20 heavy (non-hydrogen) atoms. The molecule has 2 nitrogen and oxygen atoms in total. The van der Waals surface area contributed by atoms with Crippen LogP contribution in [0.3, 0.4) is 0 Å². The molecule has 0 amide bonds. The van der Waals surface area contributed by atoms with E-state index >= 15 is 0 Å². The van der Waals surface area contributed by atoms with Crippen molar-refractivity contribution in [2.45, 2.75) is 27.0 Å². The first kappa shape index (κ1) is 15.4. The minimum atomic E-state index is 0.570. The fraction of sp³-hybridized carbons (Fsp3) is 0.375. The predicted octanol–water partition coefficient (Wildman–Crippen LogP) is 4.73. The summed E-state index contributed by atoms with van der Waals surface area (Å²) in [7, 11) is 0. The molecule has 0 atom stereocenters. The molecule has 2 rings (SSSR count).